The molecular formula is C16H18BrF2NO3. The lowest BCUT2D eigenvalue weighted by Gasteiger charge is -2.15. The Hall–Kier alpha value is -1.60. The summed E-state index contributed by atoms with van der Waals surface area (Å²) in [4.78, 5) is 0. The molecule has 0 spiro atoms. The number of hydrogen-bond acceptors (Lipinski definition) is 4. The summed E-state index contributed by atoms with van der Waals surface area (Å²) < 4.78 is 40.5. The highest BCUT2D eigenvalue weighted by Gasteiger charge is 2.16. The average Bonchev–Trinajstić information content (AvgIpc) is 2.93. The lowest BCUT2D eigenvalue weighted by atomic mass is 10.1. The first-order chi connectivity index (χ1) is 10.9. The van der Waals surface area contributed by atoms with Gasteiger partial charge in [0.05, 0.1) is 17.6 Å². The van der Waals surface area contributed by atoms with Crippen molar-refractivity contribution >= 4 is 15.9 Å². The van der Waals surface area contributed by atoms with E-state index < -0.39 is 6.61 Å². The molecule has 0 radical (unpaired) electrons. The van der Waals surface area contributed by atoms with Crippen molar-refractivity contribution in [3.63, 3.8) is 0 Å². The van der Waals surface area contributed by atoms with Crippen molar-refractivity contribution < 1.29 is 22.7 Å². The van der Waals surface area contributed by atoms with Gasteiger partial charge in [0.2, 0.25) is 0 Å². The first-order valence-electron chi connectivity index (χ1n) is 7.01. The zero-order chi connectivity index (χ0) is 17.0. The van der Waals surface area contributed by atoms with E-state index in [1.54, 1.807) is 12.1 Å². The third kappa shape index (κ3) is 4.68. The molecule has 1 unspecified atom stereocenters. The molecule has 1 N–H and O–H groups in total. The number of methoxy groups -OCH3 is 1. The molecule has 23 heavy (non-hydrogen) atoms. The Kier molecular flexibility index (Phi) is 6.01. The molecule has 0 aliphatic heterocycles. The molecule has 1 aromatic carbocycles. The molecule has 0 amide bonds. The van der Waals surface area contributed by atoms with Crippen LogP contribution in [0.4, 0.5) is 8.78 Å². The van der Waals surface area contributed by atoms with Crippen molar-refractivity contribution in [2.24, 2.45) is 0 Å². The smallest absolute Gasteiger partial charge is 0.387 e. The molecule has 0 aliphatic rings. The molecule has 0 fully saturated rings. The molecule has 1 aromatic heterocycles. The maximum absolute atomic E-state index is 12.4. The highest BCUT2D eigenvalue weighted by atomic mass is 79.9. The summed E-state index contributed by atoms with van der Waals surface area (Å²) in [5, 5.41) is 3.31. The van der Waals surface area contributed by atoms with Gasteiger partial charge < -0.3 is 19.2 Å². The van der Waals surface area contributed by atoms with Crippen LogP contribution in [0.2, 0.25) is 0 Å². The maximum atomic E-state index is 12.4. The molecule has 7 heteroatoms. The van der Waals surface area contributed by atoms with Gasteiger partial charge >= 0.3 is 6.61 Å². The Labute approximate surface area is 141 Å². The van der Waals surface area contributed by atoms with Crippen LogP contribution in [0.5, 0.6) is 11.5 Å². The predicted molar refractivity (Wildman–Crippen MR) is 86.0 cm³/mol. The normalized spacial score (nSPS) is 12.5. The van der Waals surface area contributed by atoms with E-state index in [2.05, 4.69) is 26.0 Å². The fourth-order valence-corrected chi connectivity index (χ4v) is 2.72. The van der Waals surface area contributed by atoms with Crippen LogP contribution in [0.25, 0.3) is 0 Å². The van der Waals surface area contributed by atoms with Crippen LogP contribution in [0.1, 0.15) is 30.0 Å². The van der Waals surface area contributed by atoms with Crippen molar-refractivity contribution in [2.75, 3.05) is 7.11 Å². The Morgan fingerprint density at radius 3 is 2.61 bits per heavy atom. The summed E-state index contributed by atoms with van der Waals surface area (Å²) in [6.45, 7) is 1.48. The highest BCUT2D eigenvalue weighted by Crippen LogP contribution is 2.37. The predicted octanol–water partition coefficient (Wildman–Crippen LogP) is 4.81. The third-order valence-corrected chi connectivity index (χ3v) is 3.89. The number of aryl methyl sites for hydroxylation is 1. The summed E-state index contributed by atoms with van der Waals surface area (Å²) in [6.07, 6.45) is 0. The van der Waals surface area contributed by atoms with E-state index in [9.17, 15) is 8.78 Å². The highest BCUT2D eigenvalue weighted by molar-refractivity contribution is 9.10. The second-order valence-electron chi connectivity index (χ2n) is 5.04. The lowest BCUT2D eigenvalue weighted by Crippen LogP contribution is -2.17. The van der Waals surface area contributed by atoms with Gasteiger partial charge in [0, 0.05) is 6.54 Å². The number of furan rings is 1. The Bertz CT molecular complexity index is 661. The monoisotopic (exact) mass is 389 g/mol. The van der Waals surface area contributed by atoms with Gasteiger partial charge in [-0.2, -0.15) is 8.78 Å². The second kappa shape index (κ2) is 7.79. The van der Waals surface area contributed by atoms with Gasteiger partial charge in [0.15, 0.2) is 11.5 Å². The first-order valence-corrected chi connectivity index (χ1v) is 7.81. The van der Waals surface area contributed by atoms with E-state index in [1.807, 2.05) is 26.0 Å². The van der Waals surface area contributed by atoms with E-state index >= 15 is 0 Å². The number of alkyl halides is 2. The summed E-state index contributed by atoms with van der Waals surface area (Å²) in [5.41, 5.74) is 0.866. The van der Waals surface area contributed by atoms with Crippen LogP contribution in [-0.4, -0.2) is 13.7 Å². The lowest BCUT2D eigenvalue weighted by molar-refractivity contribution is -0.0517. The van der Waals surface area contributed by atoms with Crippen molar-refractivity contribution in [1.29, 1.82) is 0 Å². The summed E-state index contributed by atoms with van der Waals surface area (Å²) in [7, 11) is 1.41. The zero-order valence-corrected chi connectivity index (χ0v) is 14.6. The molecule has 2 aromatic rings. The van der Waals surface area contributed by atoms with Gasteiger partial charge in [-0.05, 0) is 59.6 Å². The fourth-order valence-electron chi connectivity index (χ4n) is 2.14. The molecule has 1 atom stereocenters. The summed E-state index contributed by atoms with van der Waals surface area (Å²) in [6, 6.07) is 7.22. The van der Waals surface area contributed by atoms with Gasteiger partial charge in [0.1, 0.15) is 11.5 Å². The SMILES string of the molecule is COc1cc(CNC(C)c2ccc(C)o2)cc(Br)c1OC(F)F. The number of hydrogen-bond donors (Lipinski definition) is 1. The van der Waals surface area contributed by atoms with Gasteiger partial charge in [0.25, 0.3) is 0 Å². The third-order valence-electron chi connectivity index (χ3n) is 3.30. The molecule has 2 rings (SSSR count). The minimum Gasteiger partial charge on any atom is -0.493 e. The summed E-state index contributed by atoms with van der Waals surface area (Å²) in [5.74, 6) is 1.93. The van der Waals surface area contributed by atoms with Gasteiger partial charge in [-0.3, -0.25) is 0 Å². The van der Waals surface area contributed by atoms with E-state index in [-0.39, 0.29) is 17.5 Å². The van der Waals surface area contributed by atoms with Crippen LogP contribution >= 0.6 is 15.9 Å². The Balaban J connectivity index is 2.09. The molecule has 126 valence electrons. The molecular weight excluding hydrogens is 372 g/mol. The zero-order valence-electron chi connectivity index (χ0n) is 13.0. The molecule has 1 heterocycles. The molecule has 0 saturated carbocycles. The van der Waals surface area contributed by atoms with Gasteiger partial charge in [-0.15, -0.1) is 0 Å². The Morgan fingerprint density at radius 2 is 2.04 bits per heavy atom. The topological polar surface area (TPSA) is 43.6 Å². The van der Waals surface area contributed by atoms with Crippen molar-refractivity contribution in [3.05, 3.63) is 45.8 Å². The number of rotatable bonds is 7. The van der Waals surface area contributed by atoms with Crippen molar-refractivity contribution in [2.45, 2.75) is 33.0 Å². The van der Waals surface area contributed by atoms with Crippen LogP contribution in [0.15, 0.2) is 33.2 Å². The van der Waals surface area contributed by atoms with E-state index in [0.29, 0.717) is 11.0 Å². The first kappa shape index (κ1) is 17.7. The molecule has 0 saturated heterocycles. The number of nitrogens with one attached hydrogen (secondary N) is 1. The average molecular weight is 390 g/mol. The minimum atomic E-state index is -2.91. The number of halogens is 3. The van der Waals surface area contributed by atoms with Crippen molar-refractivity contribution in [3.8, 4) is 11.5 Å². The van der Waals surface area contributed by atoms with E-state index in [4.69, 9.17) is 9.15 Å². The summed E-state index contributed by atoms with van der Waals surface area (Å²) >= 11 is 3.24. The molecule has 4 nitrogen and oxygen atoms in total. The quantitative estimate of drug-likeness (QED) is 0.737. The number of ether oxygens (including phenoxy) is 2. The van der Waals surface area contributed by atoms with Crippen molar-refractivity contribution in [1.82, 2.24) is 5.32 Å². The van der Waals surface area contributed by atoms with Crippen LogP contribution in [0, 0.1) is 6.92 Å². The van der Waals surface area contributed by atoms with E-state index in [1.165, 1.54) is 7.11 Å². The van der Waals surface area contributed by atoms with Crippen LogP contribution in [-0.2, 0) is 6.54 Å². The largest absolute Gasteiger partial charge is 0.493 e. The maximum Gasteiger partial charge on any atom is 0.387 e. The van der Waals surface area contributed by atoms with Crippen LogP contribution < -0.4 is 14.8 Å². The molecule has 0 bridgehead atoms. The Morgan fingerprint density at radius 1 is 1.30 bits per heavy atom. The number of benzene rings is 1. The standard InChI is InChI=1S/C16H18BrF2NO3/c1-9-4-5-13(22-9)10(2)20-8-11-6-12(17)15(23-16(18)19)14(7-11)21-3/h4-7,10,16,20H,8H2,1-3H3. The van der Waals surface area contributed by atoms with Gasteiger partial charge in [-0.1, -0.05) is 0 Å². The second-order valence-corrected chi connectivity index (χ2v) is 5.89. The molecule has 0 aliphatic carbocycles. The minimum absolute atomic E-state index is 0.0130. The van der Waals surface area contributed by atoms with Gasteiger partial charge in [-0.25, -0.2) is 0 Å². The van der Waals surface area contributed by atoms with Crippen LogP contribution in [0.3, 0.4) is 0 Å². The fraction of sp³-hybridized carbons (Fsp3) is 0.375. The van der Waals surface area contributed by atoms with E-state index in [0.717, 1.165) is 17.1 Å².